The van der Waals surface area contributed by atoms with Crippen molar-refractivity contribution in [1.29, 1.82) is 0 Å². The van der Waals surface area contributed by atoms with Crippen LogP contribution in [0.5, 0.6) is 0 Å². The molecule has 1 nitrogen and oxygen atoms in total. The molecule has 0 fully saturated rings. The van der Waals surface area contributed by atoms with E-state index >= 15 is 0 Å². The van der Waals surface area contributed by atoms with E-state index in [0.29, 0.717) is 5.92 Å². The SMILES string of the molecule is C/C(CC(C)C)=N\C=C/S. The van der Waals surface area contributed by atoms with Crippen LogP contribution in [-0.4, -0.2) is 5.71 Å². The minimum atomic E-state index is 0.692. The van der Waals surface area contributed by atoms with E-state index in [1.807, 2.05) is 6.92 Å². The highest BCUT2D eigenvalue weighted by Crippen LogP contribution is 2.01. The van der Waals surface area contributed by atoms with Gasteiger partial charge in [0.1, 0.15) is 0 Å². The van der Waals surface area contributed by atoms with Gasteiger partial charge in [-0.05, 0) is 24.7 Å². The molecule has 0 N–H and O–H groups in total. The Labute approximate surface area is 68.7 Å². The number of thiol groups is 1. The maximum atomic E-state index is 4.14. The molecule has 0 saturated carbocycles. The van der Waals surface area contributed by atoms with Gasteiger partial charge in [0.2, 0.25) is 0 Å². The Balaban J connectivity index is 3.71. The van der Waals surface area contributed by atoms with Crippen molar-refractivity contribution in [1.82, 2.24) is 0 Å². The molecular weight excluding hydrogens is 142 g/mol. The Kier molecular flexibility index (Phi) is 5.40. The van der Waals surface area contributed by atoms with E-state index in [4.69, 9.17) is 0 Å². The molecule has 0 aliphatic rings. The molecule has 0 atom stereocenters. The third-order valence-corrected chi connectivity index (χ3v) is 1.20. The largest absolute Gasteiger partial charge is 0.265 e. The van der Waals surface area contributed by atoms with Gasteiger partial charge in [0.15, 0.2) is 0 Å². The van der Waals surface area contributed by atoms with Crippen LogP contribution >= 0.6 is 12.6 Å². The molecule has 0 rings (SSSR count). The van der Waals surface area contributed by atoms with Crippen LogP contribution in [0.2, 0.25) is 0 Å². The van der Waals surface area contributed by atoms with Crippen molar-refractivity contribution in [2.24, 2.45) is 10.9 Å². The van der Waals surface area contributed by atoms with Crippen molar-refractivity contribution >= 4 is 18.3 Å². The molecule has 58 valence electrons. The first kappa shape index (κ1) is 9.76. The number of rotatable bonds is 3. The van der Waals surface area contributed by atoms with Crippen molar-refractivity contribution < 1.29 is 0 Å². The lowest BCUT2D eigenvalue weighted by molar-refractivity contribution is 0.682. The zero-order chi connectivity index (χ0) is 7.98. The predicted molar refractivity (Wildman–Crippen MR) is 50.7 cm³/mol. The quantitative estimate of drug-likeness (QED) is 0.478. The Hall–Kier alpha value is -0.240. The lowest BCUT2D eigenvalue weighted by Gasteiger charge is -2.00. The molecule has 2 heteroatoms. The van der Waals surface area contributed by atoms with Crippen LogP contribution in [0.25, 0.3) is 0 Å². The number of hydrogen-bond donors (Lipinski definition) is 1. The molecule has 0 aromatic heterocycles. The van der Waals surface area contributed by atoms with Crippen LogP contribution < -0.4 is 0 Å². The third kappa shape index (κ3) is 5.89. The predicted octanol–water partition coefficient (Wildman–Crippen LogP) is 2.89. The summed E-state index contributed by atoms with van der Waals surface area (Å²) in [4.78, 5) is 4.14. The van der Waals surface area contributed by atoms with Gasteiger partial charge in [0.05, 0.1) is 0 Å². The minimum Gasteiger partial charge on any atom is -0.265 e. The summed E-state index contributed by atoms with van der Waals surface area (Å²) in [5.41, 5.74) is 1.17. The average Bonchev–Trinajstić information content (AvgIpc) is 1.82. The molecule has 0 unspecified atom stereocenters. The first-order chi connectivity index (χ1) is 4.66. The van der Waals surface area contributed by atoms with Gasteiger partial charge in [-0.1, -0.05) is 13.8 Å². The van der Waals surface area contributed by atoms with Crippen LogP contribution in [0.3, 0.4) is 0 Å². The van der Waals surface area contributed by atoms with E-state index in [-0.39, 0.29) is 0 Å². The second-order valence-electron chi connectivity index (χ2n) is 2.76. The van der Waals surface area contributed by atoms with Gasteiger partial charge in [-0.3, -0.25) is 4.99 Å². The second-order valence-corrected chi connectivity index (χ2v) is 3.06. The van der Waals surface area contributed by atoms with Crippen LogP contribution in [0, 0.1) is 5.92 Å². The van der Waals surface area contributed by atoms with Crippen molar-refractivity contribution in [3.05, 3.63) is 11.6 Å². The maximum Gasteiger partial charge on any atom is 0.0327 e. The Morgan fingerprint density at radius 3 is 2.60 bits per heavy atom. The summed E-state index contributed by atoms with van der Waals surface area (Å²) in [7, 11) is 0. The molecule has 0 aromatic rings. The summed E-state index contributed by atoms with van der Waals surface area (Å²) >= 11 is 3.90. The first-order valence-electron chi connectivity index (χ1n) is 3.49. The van der Waals surface area contributed by atoms with Gasteiger partial charge >= 0.3 is 0 Å². The topological polar surface area (TPSA) is 12.4 Å². The summed E-state index contributed by atoms with van der Waals surface area (Å²) in [6, 6.07) is 0. The third-order valence-electron chi connectivity index (χ3n) is 1.07. The van der Waals surface area contributed by atoms with Crippen LogP contribution in [0.1, 0.15) is 27.2 Å². The van der Waals surface area contributed by atoms with E-state index in [1.165, 1.54) is 5.71 Å². The van der Waals surface area contributed by atoms with Crippen molar-refractivity contribution in [3.63, 3.8) is 0 Å². The lowest BCUT2D eigenvalue weighted by Crippen LogP contribution is -1.96. The van der Waals surface area contributed by atoms with Gasteiger partial charge in [0, 0.05) is 11.9 Å². The maximum absolute atomic E-state index is 4.14. The zero-order valence-corrected chi connectivity index (χ0v) is 7.73. The Morgan fingerprint density at radius 2 is 2.20 bits per heavy atom. The normalized spacial score (nSPS) is 13.5. The molecule has 0 aromatic carbocycles. The standard InChI is InChI=1S/C8H15NS/c1-7(2)6-8(3)9-4-5-10/h4-5,7,10H,6H2,1-3H3/b5-4-,9-8+. The summed E-state index contributed by atoms with van der Waals surface area (Å²) in [6.07, 6.45) is 2.78. The highest BCUT2D eigenvalue weighted by molar-refractivity contribution is 7.83. The van der Waals surface area contributed by atoms with E-state index < -0.39 is 0 Å². The first-order valence-corrected chi connectivity index (χ1v) is 4.01. The highest BCUT2D eigenvalue weighted by atomic mass is 32.1. The second kappa shape index (κ2) is 5.54. The smallest absolute Gasteiger partial charge is 0.0327 e. The van der Waals surface area contributed by atoms with E-state index in [1.54, 1.807) is 11.6 Å². The van der Waals surface area contributed by atoms with Crippen LogP contribution in [0.4, 0.5) is 0 Å². The number of hydrogen-bond acceptors (Lipinski definition) is 2. The van der Waals surface area contributed by atoms with E-state index in [9.17, 15) is 0 Å². The number of aliphatic imine (C=N–C) groups is 1. The fraction of sp³-hybridized carbons (Fsp3) is 0.625. The number of nitrogens with zero attached hydrogens (tertiary/aromatic N) is 1. The van der Waals surface area contributed by atoms with E-state index in [0.717, 1.165) is 6.42 Å². The lowest BCUT2D eigenvalue weighted by atomic mass is 10.1. The molecule has 0 spiro atoms. The Morgan fingerprint density at radius 1 is 1.60 bits per heavy atom. The minimum absolute atomic E-state index is 0.692. The van der Waals surface area contributed by atoms with Gasteiger partial charge < -0.3 is 0 Å². The highest BCUT2D eigenvalue weighted by Gasteiger charge is 1.94. The van der Waals surface area contributed by atoms with Gasteiger partial charge in [0.25, 0.3) is 0 Å². The molecule has 0 amide bonds. The Bertz CT molecular complexity index is 136. The van der Waals surface area contributed by atoms with Gasteiger partial charge in [-0.25, -0.2) is 0 Å². The molecule has 0 heterocycles. The van der Waals surface area contributed by atoms with E-state index in [2.05, 4.69) is 31.5 Å². The average molecular weight is 157 g/mol. The van der Waals surface area contributed by atoms with Crippen LogP contribution in [0.15, 0.2) is 16.6 Å². The summed E-state index contributed by atoms with van der Waals surface area (Å²) < 4.78 is 0. The zero-order valence-electron chi connectivity index (χ0n) is 6.83. The van der Waals surface area contributed by atoms with Crippen molar-refractivity contribution in [3.8, 4) is 0 Å². The summed E-state index contributed by atoms with van der Waals surface area (Å²) in [5.74, 6) is 0.692. The van der Waals surface area contributed by atoms with Gasteiger partial charge in [-0.15, -0.1) is 12.6 Å². The molecule has 0 bridgehead atoms. The monoisotopic (exact) mass is 157 g/mol. The van der Waals surface area contributed by atoms with Crippen LogP contribution in [-0.2, 0) is 0 Å². The van der Waals surface area contributed by atoms with Crippen molar-refractivity contribution in [2.75, 3.05) is 0 Å². The fourth-order valence-corrected chi connectivity index (χ4v) is 0.871. The van der Waals surface area contributed by atoms with Crippen molar-refractivity contribution in [2.45, 2.75) is 27.2 Å². The molecule has 10 heavy (non-hydrogen) atoms. The molecule has 0 radical (unpaired) electrons. The molecule has 0 saturated heterocycles. The fourth-order valence-electron chi connectivity index (χ4n) is 0.804. The summed E-state index contributed by atoms with van der Waals surface area (Å²) in [6.45, 7) is 6.40. The molecule has 0 aliphatic carbocycles. The molecule has 0 aliphatic heterocycles. The van der Waals surface area contributed by atoms with Gasteiger partial charge in [-0.2, -0.15) is 0 Å². The summed E-state index contributed by atoms with van der Waals surface area (Å²) in [5, 5.41) is 1.64. The molecular formula is C8H15NS.